The molecule has 1 aromatic carbocycles. The fourth-order valence-corrected chi connectivity index (χ4v) is 5.43. The smallest absolute Gasteiger partial charge is 0.191 e. The predicted octanol–water partition coefficient (Wildman–Crippen LogP) is 5.76. The lowest BCUT2D eigenvalue weighted by Crippen LogP contribution is -2.12. The van der Waals surface area contributed by atoms with Crippen molar-refractivity contribution in [2.75, 3.05) is 0 Å². The molecule has 0 amide bonds. The van der Waals surface area contributed by atoms with Crippen LogP contribution in [0.1, 0.15) is 56.5 Å². The van der Waals surface area contributed by atoms with Gasteiger partial charge in [-0.2, -0.15) is 0 Å². The molecule has 0 spiro atoms. The summed E-state index contributed by atoms with van der Waals surface area (Å²) in [7, 11) is 0. The molecule has 2 aromatic heterocycles. The lowest BCUT2D eigenvalue weighted by atomic mass is 9.89. The molecule has 0 radical (unpaired) electrons. The maximum atomic E-state index is 4.79. The Morgan fingerprint density at radius 1 is 1.12 bits per heavy atom. The Morgan fingerprint density at radius 2 is 1.92 bits per heavy atom. The third-order valence-electron chi connectivity index (χ3n) is 4.95. The van der Waals surface area contributed by atoms with Gasteiger partial charge >= 0.3 is 0 Å². The van der Waals surface area contributed by atoms with Gasteiger partial charge in [-0.05, 0) is 19.8 Å². The number of rotatable bonds is 6. The van der Waals surface area contributed by atoms with Crippen LogP contribution in [0, 0.1) is 0 Å². The van der Waals surface area contributed by atoms with E-state index in [-0.39, 0.29) is 0 Å². The summed E-state index contributed by atoms with van der Waals surface area (Å²) in [6.45, 7) is 3.13. The van der Waals surface area contributed by atoms with Crippen molar-refractivity contribution < 1.29 is 0 Å². The van der Waals surface area contributed by atoms with Crippen molar-refractivity contribution >= 4 is 23.1 Å². The van der Waals surface area contributed by atoms with Crippen LogP contribution in [-0.2, 0) is 12.3 Å². The van der Waals surface area contributed by atoms with Crippen LogP contribution >= 0.6 is 23.1 Å². The van der Waals surface area contributed by atoms with Crippen molar-refractivity contribution in [2.24, 2.45) is 0 Å². The molecule has 0 aliphatic heterocycles. The summed E-state index contributed by atoms with van der Waals surface area (Å²) in [4.78, 5) is 4.79. The van der Waals surface area contributed by atoms with Gasteiger partial charge in [-0.25, -0.2) is 4.98 Å². The first-order valence-electron chi connectivity index (χ1n) is 9.41. The molecule has 0 atom stereocenters. The first-order valence-corrected chi connectivity index (χ1v) is 11.3. The van der Waals surface area contributed by atoms with Crippen molar-refractivity contribution in [1.82, 2.24) is 19.7 Å². The van der Waals surface area contributed by atoms with Crippen molar-refractivity contribution in [3.8, 4) is 10.6 Å². The summed E-state index contributed by atoms with van der Waals surface area (Å²) in [6, 6.07) is 10.4. The minimum atomic E-state index is 0.592. The van der Waals surface area contributed by atoms with E-state index in [1.807, 2.05) is 6.07 Å². The fraction of sp³-hybridized carbons (Fsp3) is 0.450. The van der Waals surface area contributed by atoms with Gasteiger partial charge in [0.25, 0.3) is 0 Å². The van der Waals surface area contributed by atoms with Crippen LogP contribution in [0.3, 0.4) is 0 Å². The molecule has 0 N–H and O–H groups in total. The maximum absolute atomic E-state index is 4.79. The van der Waals surface area contributed by atoms with E-state index in [9.17, 15) is 0 Å². The first kappa shape index (κ1) is 17.7. The number of thiazole rings is 1. The summed E-state index contributed by atoms with van der Waals surface area (Å²) in [5, 5.41) is 13.3. The Morgan fingerprint density at radius 3 is 2.69 bits per heavy atom. The Hall–Kier alpha value is -1.66. The Labute approximate surface area is 163 Å². The largest absolute Gasteiger partial charge is 0.306 e. The molecule has 4 rings (SSSR count). The van der Waals surface area contributed by atoms with E-state index in [0.717, 1.165) is 28.2 Å². The summed E-state index contributed by atoms with van der Waals surface area (Å²) >= 11 is 3.46. The highest BCUT2D eigenvalue weighted by molar-refractivity contribution is 7.98. The SMILES string of the molecule is CCn1c(SCc2csc(-c3ccccc3)n2)nnc1C1CCCCC1. The maximum Gasteiger partial charge on any atom is 0.191 e. The van der Waals surface area contributed by atoms with Gasteiger partial charge in [-0.1, -0.05) is 61.4 Å². The Balaban J connectivity index is 1.45. The second kappa shape index (κ2) is 8.35. The quantitative estimate of drug-likeness (QED) is 0.507. The van der Waals surface area contributed by atoms with Crippen molar-refractivity contribution in [3.63, 3.8) is 0 Å². The number of hydrogen-bond acceptors (Lipinski definition) is 5. The third kappa shape index (κ3) is 3.86. The summed E-state index contributed by atoms with van der Waals surface area (Å²) in [6.07, 6.45) is 6.53. The van der Waals surface area contributed by atoms with Crippen LogP contribution in [0.4, 0.5) is 0 Å². The number of nitrogens with zero attached hydrogens (tertiary/aromatic N) is 4. The van der Waals surface area contributed by atoms with Crippen LogP contribution in [0.2, 0.25) is 0 Å². The zero-order valence-electron chi connectivity index (χ0n) is 15.1. The Kier molecular flexibility index (Phi) is 5.70. The number of benzene rings is 1. The minimum Gasteiger partial charge on any atom is -0.306 e. The first-order chi connectivity index (χ1) is 12.8. The molecule has 1 fully saturated rings. The third-order valence-corrected chi connectivity index (χ3v) is 6.89. The van der Waals surface area contributed by atoms with Gasteiger partial charge in [0.15, 0.2) is 5.16 Å². The number of aromatic nitrogens is 4. The second-order valence-electron chi connectivity index (χ2n) is 6.72. The number of hydrogen-bond donors (Lipinski definition) is 0. The Bertz CT molecular complexity index is 835. The molecule has 0 unspecified atom stereocenters. The molecule has 26 heavy (non-hydrogen) atoms. The van der Waals surface area contributed by atoms with Crippen LogP contribution < -0.4 is 0 Å². The summed E-state index contributed by atoms with van der Waals surface area (Å²) in [5.74, 6) is 2.62. The lowest BCUT2D eigenvalue weighted by Gasteiger charge is -2.21. The average molecular weight is 385 g/mol. The summed E-state index contributed by atoms with van der Waals surface area (Å²) in [5.41, 5.74) is 2.30. The predicted molar refractivity (Wildman–Crippen MR) is 109 cm³/mol. The molecular formula is C20H24N4S2. The van der Waals surface area contributed by atoms with E-state index < -0.39 is 0 Å². The van der Waals surface area contributed by atoms with Crippen molar-refractivity contribution in [3.05, 3.63) is 47.2 Å². The summed E-state index contributed by atoms with van der Waals surface area (Å²) < 4.78 is 2.31. The molecule has 0 saturated heterocycles. The van der Waals surface area contributed by atoms with Crippen LogP contribution in [0.25, 0.3) is 10.6 Å². The topological polar surface area (TPSA) is 43.6 Å². The number of thioether (sulfide) groups is 1. The minimum absolute atomic E-state index is 0.592. The molecule has 6 heteroatoms. The van der Waals surface area contributed by atoms with E-state index >= 15 is 0 Å². The molecule has 1 aliphatic carbocycles. The van der Waals surface area contributed by atoms with Gasteiger partial charge in [0.1, 0.15) is 10.8 Å². The van der Waals surface area contributed by atoms with Gasteiger partial charge < -0.3 is 4.57 Å². The standard InChI is InChI=1S/C20H24N4S2/c1-2-24-18(15-9-5-3-6-10-15)22-23-20(24)26-14-17-13-25-19(21-17)16-11-7-4-8-12-16/h4,7-8,11-13,15H,2-3,5-6,9-10,14H2,1H3. The van der Waals surface area contributed by atoms with Gasteiger partial charge in [0, 0.05) is 29.2 Å². The normalized spacial score (nSPS) is 15.4. The van der Waals surface area contributed by atoms with Gasteiger partial charge in [0.05, 0.1) is 5.69 Å². The fourth-order valence-electron chi connectivity index (χ4n) is 3.59. The van der Waals surface area contributed by atoms with E-state index in [2.05, 4.69) is 51.3 Å². The molecule has 1 aliphatic rings. The molecule has 0 bridgehead atoms. The average Bonchev–Trinajstić information content (AvgIpc) is 3.34. The monoisotopic (exact) mass is 384 g/mol. The molecule has 136 valence electrons. The van der Waals surface area contributed by atoms with Crippen molar-refractivity contribution in [1.29, 1.82) is 0 Å². The molecule has 2 heterocycles. The van der Waals surface area contributed by atoms with Crippen molar-refractivity contribution in [2.45, 2.75) is 62.4 Å². The molecule has 1 saturated carbocycles. The zero-order chi connectivity index (χ0) is 17.8. The molecule has 4 nitrogen and oxygen atoms in total. The molecular weight excluding hydrogens is 360 g/mol. The van der Waals surface area contributed by atoms with Gasteiger partial charge in [-0.15, -0.1) is 21.5 Å². The highest BCUT2D eigenvalue weighted by atomic mass is 32.2. The van der Waals surface area contributed by atoms with Gasteiger partial charge in [0.2, 0.25) is 0 Å². The van der Waals surface area contributed by atoms with E-state index in [0.29, 0.717) is 5.92 Å². The van der Waals surface area contributed by atoms with Crippen LogP contribution in [-0.4, -0.2) is 19.7 Å². The second-order valence-corrected chi connectivity index (χ2v) is 8.52. The van der Waals surface area contributed by atoms with Crippen LogP contribution in [0.15, 0.2) is 40.9 Å². The van der Waals surface area contributed by atoms with Crippen LogP contribution in [0.5, 0.6) is 0 Å². The van der Waals surface area contributed by atoms with Gasteiger partial charge in [-0.3, -0.25) is 0 Å². The van der Waals surface area contributed by atoms with E-state index in [4.69, 9.17) is 4.98 Å². The van der Waals surface area contributed by atoms with E-state index in [1.165, 1.54) is 43.5 Å². The molecule has 3 aromatic rings. The van der Waals surface area contributed by atoms with E-state index in [1.54, 1.807) is 23.1 Å². The highest BCUT2D eigenvalue weighted by Gasteiger charge is 2.22. The lowest BCUT2D eigenvalue weighted by molar-refractivity contribution is 0.413. The highest BCUT2D eigenvalue weighted by Crippen LogP contribution is 2.34. The zero-order valence-corrected chi connectivity index (χ0v) is 16.7.